The minimum Gasteiger partial charge on any atom is -0.350 e. The van der Waals surface area contributed by atoms with Crippen LogP contribution in [0.3, 0.4) is 0 Å². The number of aryl methyl sites for hydroxylation is 1. The van der Waals surface area contributed by atoms with E-state index in [1.807, 2.05) is 0 Å². The van der Waals surface area contributed by atoms with Gasteiger partial charge >= 0.3 is 0 Å². The molecular weight excluding hydrogens is 220 g/mol. The highest BCUT2D eigenvalue weighted by Gasteiger charge is 2.19. The molecule has 0 aromatic carbocycles. The summed E-state index contributed by atoms with van der Waals surface area (Å²) in [5.74, 6) is 0.897. The Kier molecular flexibility index (Phi) is 5.30. The molecular formula is C16H28N2. The average molecular weight is 248 g/mol. The van der Waals surface area contributed by atoms with E-state index in [0.717, 1.165) is 19.0 Å². The number of aromatic nitrogens is 1. The Morgan fingerprint density at radius 2 is 2.11 bits per heavy atom. The molecule has 1 fully saturated rings. The van der Waals surface area contributed by atoms with E-state index in [0.29, 0.717) is 6.04 Å². The third kappa shape index (κ3) is 3.61. The van der Waals surface area contributed by atoms with Crippen LogP contribution in [0.5, 0.6) is 0 Å². The van der Waals surface area contributed by atoms with Gasteiger partial charge in [-0.05, 0) is 44.2 Å². The average Bonchev–Trinajstić information content (AvgIpc) is 2.85. The molecule has 1 aliphatic carbocycles. The van der Waals surface area contributed by atoms with Gasteiger partial charge < -0.3 is 9.88 Å². The van der Waals surface area contributed by atoms with Gasteiger partial charge in [0.1, 0.15) is 0 Å². The number of hydrogen-bond acceptors (Lipinski definition) is 1. The second kappa shape index (κ2) is 6.98. The van der Waals surface area contributed by atoms with Crippen molar-refractivity contribution in [1.29, 1.82) is 0 Å². The van der Waals surface area contributed by atoms with Crippen LogP contribution in [0.15, 0.2) is 18.3 Å². The van der Waals surface area contributed by atoms with Crippen molar-refractivity contribution in [3.8, 4) is 0 Å². The molecule has 102 valence electrons. The lowest BCUT2D eigenvalue weighted by Crippen LogP contribution is -2.34. The number of nitrogens with one attached hydrogen (secondary N) is 1. The maximum Gasteiger partial charge on any atom is 0.0361 e. The molecule has 0 bridgehead atoms. The summed E-state index contributed by atoms with van der Waals surface area (Å²) < 4.78 is 2.38. The van der Waals surface area contributed by atoms with E-state index in [1.54, 1.807) is 0 Å². The second-order valence-electron chi connectivity index (χ2n) is 5.76. The molecule has 0 amide bonds. The molecule has 0 saturated heterocycles. The first-order valence-corrected chi connectivity index (χ1v) is 7.68. The third-order valence-electron chi connectivity index (χ3n) is 4.35. The fraction of sp³-hybridized carbons (Fsp3) is 0.750. The molecule has 0 unspecified atom stereocenters. The van der Waals surface area contributed by atoms with Crippen molar-refractivity contribution in [2.75, 3.05) is 0 Å². The van der Waals surface area contributed by atoms with Gasteiger partial charge in [0.05, 0.1) is 0 Å². The van der Waals surface area contributed by atoms with Gasteiger partial charge in [-0.15, -0.1) is 0 Å². The first-order chi connectivity index (χ1) is 8.81. The Morgan fingerprint density at radius 1 is 1.33 bits per heavy atom. The molecule has 2 heteroatoms. The summed E-state index contributed by atoms with van der Waals surface area (Å²) >= 11 is 0. The summed E-state index contributed by atoms with van der Waals surface area (Å²) in [7, 11) is 0. The maximum atomic E-state index is 3.73. The van der Waals surface area contributed by atoms with Crippen LogP contribution in [0.25, 0.3) is 0 Å². The predicted octanol–water partition coefficient (Wildman–Crippen LogP) is 3.96. The van der Waals surface area contributed by atoms with Crippen molar-refractivity contribution in [2.45, 2.75) is 71.5 Å². The van der Waals surface area contributed by atoms with Crippen LogP contribution in [0.2, 0.25) is 0 Å². The van der Waals surface area contributed by atoms with Crippen molar-refractivity contribution in [3.05, 3.63) is 24.0 Å². The highest BCUT2D eigenvalue weighted by molar-refractivity contribution is 5.07. The molecule has 1 heterocycles. The van der Waals surface area contributed by atoms with E-state index in [4.69, 9.17) is 0 Å². The third-order valence-corrected chi connectivity index (χ3v) is 4.35. The molecule has 0 spiro atoms. The highest BCUT2D eigenvalue weighted by atomic mass is 15.0. The van der Waals surface area contributed by atoms with Gasteiger partial charge in [0.2, 0.25) is 0 Å². The number of rotatable bonds is 6. The van der Waals surface area contributed by atoms with E-state index in [9.17, 15) is 0 Å². The molecule has 0 radical (unpaired) electrons. The standard InChI is InChI=1S/C16H28N2/c1-3-11-18-12-7-10-16(18)13-17-14(2)15-8-5-4-6-9-15/h7,10,12,14-15,17H,3-6,8-9,11,13H2,1-2H3/t14-/m0/s1. The van der Waals surface area contributed by atoms with Crippen LogP contribution >= 0.6 is 0 Å². The van der Waals surface area contributed by atoms with Gasteiger partial charge in [0.15, 0.2) is 0 Å². The van der Waals surface area contributed by atoms with Gasteiger partial charge in [-0.25, -0.2) is 0 Å². The van der Waals surface area contributed by atoms with Crippen molar-refractivity contribution in [3.63, 3.8) is 0 Å². The van der Waals surface area contributed by atoms with Crippen LogP contribution < -0.4 is 5.32 Å². The molecule has 2 nitrogen and oxygen atoms in total. The summed E-state index contributed by atoms with van der Waals surface area (Å²) in [6.45, 7) is 6.76. The van der Waals surface area contributed by atoms with E-state index < -0.39 is 0 Å². The quantitative estimate of drug-likeness (QED) is 0.806. The van der Waals surface area contributed by atoms with E-state index in [2.05, 4.69) is 42.1 Å². The Morgan fingerprint density at radius 3 is 2.83 bits per heavy atom. The maximum absolute atomic E-state index is 3.73. The summed E-state index contributed by atoms with van der Waals surface area (Å²) in [6, 6.07) is 5.07. The zero-order chi connectivity index (χ0) is 12.8. The van der Waals surface area contributed by atoms with Crippen LogP contribution in [-0.2, 0) is 13.1 Å². The molecule has 0 aliphatic heterocycles. The zero-order valence-corrected chi connectivity index (χ0v) is 12.0. The van der Waals surface area contributed by atoms with E-state index >= 15 is 0 Å². The SMILES string of the molecule is CCCn1cccc1CN[C@@H](C)C1CCCCC1. The van der Waals surface area contributed by atoms with Gasteiger partial charge in [-0.2, -0.15) is 0 Å². The van der Waals surface area contributed by atoms with Crippen LogP contribution in [0, 0.1) is 5.92 Å². The molecule has 1 aliphatic rings. The Bertz CT molecular complexity index is 337. The van der Waals surface area contributed by atoms with Gasteiger partial charge in [-0.1, -0.05) is 26.2 Å². The minimum absolute atomic E-state index is 0.662. The van der Waals surface area contributed by atoms with Crippen molar-refractivity contribution in [1.82, 2.24) is 9.88 Å². The monoisotopic (exact) mass is 248 g/mol. The molecule has 1 aromatic heterocycles. The van der Waals surface area contributed by atoms with Crippen LogP contribution in [-0.4, -0.2) is 10.6 Å². The lowest BCUT2D eigenvalue weighted by molar-refractivity contribution is 0.279. The first kappa shape index (κ1) is 13.7. The first-order valence-electron chi connectivity index (χ1n) is 7.68. The fourth-order valence-corrected chi connectivity index (χ4v) is 3.14. The van der Waals surface area contributed by atoms with Crippen LogP contribution in [0.4, 0.5) is 0 Å². The van der Waals surface area contributed by atoms with Gasteiger partial charge in [0, 0.05) is 31.0 Å². The number of hydrogen-bond donors (Lipinski definition) is 1. The molecule has 18 heavy (non-hydrogen) atoms. The summed E-state index contributed by atoms with van der Waals surface area (Å²) in [5, 5.41) is 3.73. The number of nitrogens with zero attached hydrogens (tertiary/aromatic N) is 1. The molecule has 2 rings (SSSR count). The topological polar surface area (TPSA) is 17.0 Å². The summed E-state index contributed by atoms with van der Waals surface area (Å²) in [6.07, 6.45) is 10.6. The smallest absolute Gasteiger partial charge is 0.0361 e. The lowest BCUT2D eigenvalue weighted by Gasteiger charge is -2.28. The normalized spacial score (nSPS) is 19.0. The van der Waals surface area contributed by atoms with E-state index in [-0.39, 0.29) is 0 Å². The Hall–Kier alpha value is -0.760. The molecule has 1 atom stereocenters. The molecule has 1 N–H and O–H groups in total. The van der Waals surface area contributed by atoms with Gasteiger partial charge in [-0.3, -0.25) is 0 Å². The Labute approximate surface area is 112 Å². The van der Waals surface area contributed by atoms with Crippen molar-refractivity contribution in [2.24, 2.45) is 5.92 Å². The minimum atomic E-state index is 0.662. The largest absolute Gasteiger partial charge is 0.350 e. The lowest BCUT2D eigenvalue weighted by atomic mass is 9.84. The van der Waals surface area contributed by atoms with Crippen molar-refractivity contribution < 1.29 is 0 Å². The van der Waals surface area contributed by atoms with Crippen molar-refractivity contribution >= 4 is 0 Å². The molecule has 1 saturated carbocycles. The second-order valence-corrected chi connectivity index (χ2v) is 5.76. The predicted molar refractivity (Wildman–Crippen MR) is 77.6 cm³/mol. The fourth-order valence-electron chi connectivity index (χ4n) is 3.14. The molecule has 1 aromatic rings. The van der Waals surface area contributed by atoms with Gasteiger partial charge in [0.25, 0.3) is 0 Å². The van der Waals surface area contributed by atoms with E-state index in [1.165, 1.54) is 44.2 Å². The zero-order valence-electron chi connectivity index (χ0n) is 12.0. The Balaban J connectivity index is 1.80. The summed E-state index contributed by atoms with van der Waals surface area (Å²) in [5.41, 5.74) is 1.43. The highest BCUT2D eigenvalue weighted by Crippen LogP contribution is 2.26. The van der Waals surface area contributed by atoms with Crippen LogP contribution in [0.1, 0.15) is 58.1 Å². The summed E-state index contributed by atoms with van der Waals surface area (Å²) in [4.78, 5) is 0.